The van der Waals surface area contributed by atoms with Crippen molar-refractivity contribution in [2.24, 2.45) is 13.0 Å². The number of aryl methyl sites for hydroxylation is 1. The number of carbonyl (C=O) groups excluding carboxylic acids is 1. The first-order chi connectivity index (χ1) is 9.49. The molecule has 1 aromatic rings. The summed E-state index contributed by atoms with van der Waals surface area (Å²) in [5.41, 5.74) is 0.372. The molecule has 2 rings (SSSR count). The highest BCUT2D eigenvalue weighted by Gasteiger charge is 2.31. The Morgan fingerprint density at radius 2 is 2.05 bits per heavy atom. The predicted octanol–water partition coefficient (Wildman–Crippen LogP) is 2.44. The van der Waals surface area contributed by atoms with Crippen molar-refractivity contribution >= 4 is 23.5 Å². The van der Waals surface area contributed by atoms with Gasteiger partial charge in [0.2, 0.25) is 0 Å². The molecule has 0 aromatic carbocycles. The Morgan fingerprint density at radius 1 is 1.40 bits per heavy atom. The fourth-order valence-corrected chi connectivity index (χ4v) is 3.06. The van der Waals surface area contributed by atoms with E-state index >= 15 is 0 Å². The minimum absolute atomic E-state index is 0.0148. The van der Waals surface area contributed by atoms with E-state index in [4.69, 9.17) is 11.6 Å². The zero-order valence-electron chi connectivity index (χ0n) is 11.4. The quantitative estimate of drug-likeness (QED) is 0.897. The normalized spacial score (nSPS) is 17.7. The molecule has 1 amide bonds. The number of hydrogen-bond acceptors (Lipinski definition) is 2. The topological polar surface area (TPSA) is 71.3 Å². The summed E-state index contributed by atoms with van der Waals surface area (Å²) in [6.45, 7) is 0. The van der Waals surface area contributed by atoms with Crippen LogP contribution in [0.3, 0.4) is 0 Å². The average molecular weight is 299 g/mol. The fourth-order valence-electron chi connectivity index (χ4n) is 2.81. The molecule has 1 fully saturated rings. The van der Waals surface area contributed by atoms with E-state index in [2.05, 4.69) is 5.32 Å². The van der Waals surface area contributed by atoms with E-state index in [0.29, 0.717) is 10.7 Å². The number of halogens is 1. The lowest BCUT2D eigenvalue weighted by molar-refractivity contribution is -0.141. The number of nitrogens with zero attached hydrogens (tertiary/aromatic N) is 1. The fraction of sp³-hybridized carbons (Fsp3) is 0.571. The minimum atomic E-state index is -0.967. The maximum Gasteiger partial charge on any atom is 0.326 e. The largest absolute Gasteiger partial charge is 0.480 e. The molecular weight excluding hydrogens is 280 g/mol. The Kier molecular flexibility index (Phi) is 4.70. The van der Waals surface area contributed by atoms with Gasteiger partial charge in [-0.15, -0.1) is 0 Å². The van der Waals surface area contributed by atoms with Gasteiger partial charge >= 0.3 is 5.97 Å². The van der Waals surface area contributed by atoms with Gasteiger partial charge in [0, 0.05) is 13.2 Å². The van der Waals surface area contributed by atoms with E-state index in [1.165, 1.54) is 6.07 Å². The Labute approximate surface area is 122 Å². The van der Waals surface area contributed by atoms with Crippen LogP contribution in [0.25, 0.3) is 0 Å². The molecule has 6 heteroatoms. The second-order valence-corrected chi connectivity index (χ2v) is 5.78. The van der Waals surface area contributed by atoms with Gasteiger partial charge in [-0.2, -0.15) is 0 Å². The van der Waals surface area contributed by atoms with Gasteiger partial charge in [-0.05, 0) is 24.8 Å². The Morgan fingerprint density at radius 3 is 2.55 bits per heavy atom. The first-order valence-electron chi connectivity index (χ1n) is 6.84. The summed E-state index contributed by atoms with van der Waals surface area (Å²) in [5, 5.41) is 12.4. The van der Waals surface area contributed by atoms with Crippen LogP contribution in [0, 0.1) is 5.92 Å². The van der Waals surface area contributed by atoms with Gasteiger partial charge in [0.25, 0.3) is 5.91 Å². The number of carboxylic acids is 1. The average Bonchev–Trinajstić information content (AvgIpc) is 2.75. The number of aromatic nitrogens is 1. The molecule has 0 aliphatic heterocycles. The van der Waals surface area contributed by atoms with Crippen molar-refractivity contribution < 1.29 is 14.7 Å². The summed E-state index contributed by atoms with van der Waals surface area (Å²) >= 11 is 5.84. The molecule has 5 nitrogen and oxygen atoms in total. The van der Waals surface area contributed by atoms with Crippen molar-refractivity contribution in [1.29, 1.82) is 0 Å². The molecule has 20 heavy (non-hydrogen) atoms. The molecule has 0 radical (unpaired) electrons. The number of nitrogens with one attached hydrogen (secondary N) is 1. The molecule has 0 bridgehead atoms. The monoisotopic (exact) mass is 298 g/mol. The molecule has 110 valence electrons. The van der Waals surface area contributed by atoms with Crippen molar-refractivity contribution in [3.05, 3.63) is 23.0 Å². The molecule has 0 spiro atoms. The van der Waals surface area contributed by atoms with E-state index < -0.39 is 17.9 Å². The van der Waals surface area contributed by atoms with Gasteiger partial charge in [0.1, 0.15) is 11.7 Å². The van der Waals surface area contributed by atoms with E-state index in [-0.39, 0.29) is 5.92 Å². The first-order valence-corrected chi connectivity index (χ1v) is 7.22. The van der Waals surface area contributed by atoms with Gasteiger partial charge in [0.05, 0.1) is 5.02 Å². The highest BCUT2D eigenvalue weighted by atomic mass is 35.5. The van der Waals surface area contributed by atoms with Gasteiger partial charge < -0.3 is 15.0 Å². The smallest absolute Gasteiger partial charge is 0.326 e. The van der Waals surface area contributed by atoms with Crippen LogP contribution in [0.15, 0.2) is 12.3 Å². The summed E-state index contributed by atoms with van der Waals surface area (Å²) in [5.74, 6) is -1.34. The number of carbonyl (C=O) groups is 2. The van der Waals surface area contributed by atoms with E-state index in [9.17, 15) is 14.7 Å². The van der Waals surface area contributed by atoms with Gasteiger partial charge in [0.15, 0.2) is 0 Å². The number of amides is 1. The third kappa shape index (κ3) is 3.33. The van der Waals surface area contributed by atoms with Gasteiger partial charge in [-0.25, -0.2) is 4.79 Å². The van der Waals surface area contributed by atoms with Crippen LogP contribution in [0.2, 0.25) is 5.02 Å². The van der Waals surface area contributed by atoms with Crippen molar-refractivity contribution in [3.63, 3.8) is 0 Å². The van der Waals surface area contributed by atoms with Gasteiger partial charge in [-0.3, -0.25) is 4.79 Å². The third-order valence-electron chi connectivity index (χ3n) is 3.88. The van der Waals surface area contributed by atoms with Gasteiger partial charge in [-0.1, -0.05) is 30.9 Å². The van der Waals surface area contributed by atoms with E-state index in [0.717, 1.165) is 32.1 Å². The Bertz CT molecular complexity index is 507. The number of carboxylic acid groups (broad SMARTS) is 1. The highest BCUT2D eigenvalue weighted by Crippen LogP contribution is 2.27. The Hall–Kier alpha value is -1.49. The van der Waals surface area contributed by atoms with Crippen molar-refractivity contribution in [2.45, 2.75) is 38.1 Å². The second kappa shape index (κ2) is 6.31. The molecule has 1 saturated carbocycles. The van der Waals surface area contributed by atoms with Crippen LogP contribution in [-0.2, 0) is 11.8 Å². The van der Waals surface area contributed by atoms with Crippen LogP contribution >= 0.6 is 11.6 Å². The molecule has 1 aliphatic rings. The zero-order chi connectivity index (χ0) is 14.7. The van der Waals surface area contributed by atoms with Crippen LogP contribution < -0.4 is 5.32 Å². The maximum atomic E-state index is 12.2. The molecule has 0 saturated heterocycles. The lowest BCUT2D eigenvalue weighted by Crippen LogP contribution is -2.46. The number of rotatable bonds is 4. The van der Waals surface area contributed by atoms with Crippen molar-refractivity contribution in [3.8, 4) is 0 Å². The van der Waals surface area contributed by atoms with Crippen LogP contribution in [0.1, 0.15) is 42.6 Å². The zero-order valence-corrected chi connectivity index (χ0v) is 12.2. The SMILES string of the molecule is Cn1cc(Cl)cc1C(=O)NC(C(=O)O)C1CCCCC1. The van der Waals surface area contributed by atoms with Crippen LogP contribution in [0.4, 0.5) is 0 Å². The first kappa shape index (κ1) is 14.9. The predicted molar refractivity (Wildman–Crippen MR) is 75.9 cm³/mol. The molecular formula is C14H19ClN2O3. The van der Waals surface area contributed by atoms with Crippen LogP contribution in [-0.4, -0.2) is 27.6 Å². The van der Waals surface area contributed by atoms with E-state index in [1.807, 2.05) is 0 Å². The maximum absolute atomic E-state index is 12.2. The minimum Gasteiger partial charge on any atom is -0.480 e. The third-order valence-corrected chi connectivity index (χ3v) is 4.08. The summed E-state index contributed by atoms with van der Waals surface area (Å²) in [6, 6.07) is 0.716. The summed E-state index contributed by atoms with van der Waals surface area (Å²) < 4.78 is 1.59. The summed E-state index contributed by atoms with van der Waals surface area (Å²) in [7, 11) is 1.71. The van der Waals surface area contributed by atoms with Crippen molar-refractivity contribution in [1.82, 2.24) is 9.88 Å². The molecule has 1 unspecified atom stereocenters. The molecule has 2 N–H and O–H groups in total. The molecule has 1 aromatic heterocycles. The number of aliphatic carboxylic acids is 1. The highest BCUT2D eigenvalue weighted by molar-refractivity contribution is 6.31. The van der Waals surface area contributed by atoms with Crippen LogP contribution in [0.5, 0.6) is 0 Å². The number of hydrogen-bond donors (Lipinski definition) is 2. The Balaban J connectivity index is 2.09. The standard InChI is InChI=1S/C14H19ClN2O3/c1-17-8-10(15)7-11(17)13(18)16-12(14(19)20)9-5-3-2-4-6-9/h7-9,12H,2-6H2,1H3,(H,16,18)(H,19,20). The summed E-state index contributed by atoms with van der Waals surface area (Å²) in [4.78, 5) is 23.6. The van der Waals surface area contributed by atoms with Crippen molar-refractivity contribution in [2.75, 3.05) is 0 Å². The summed E-state index contributed by atoms with van der Waals surface area (Å²) in [6.07, 6.45) is 6.52. The molecule has 1 atom stereocenters. The lowest BCUT2D eigenvalue weighted by Gasteiger charge is -2.28. The second-order valence-electron chi connectivity index (χ2n) is 5.34. The molecule has 1 aliphatic carbocycles. The van der Waals surface area contributed by atoms with E-state index in [1.54, 1.807) is 17.8 Å². The molecule has 1 heterocycles. The lowest BCUT2D eigenvalue weighted by atomic mass is 9.84.